The minimum atomic E-state index is 0.0483. The van der Waals surface area contributed by atoms with Crippen molar-refractivity contribution in [2.24, 2.45) is 0 Å². The second kappa shape index (κ2) is 5.16. The third kappa shape index (κ3) is 3.44. The first-order valence-electron chi connectivity index (χ1n) is 4.68. The molecule has 0 saturated heterocycles. The van der Waals surface area contributed by atoms with E-state index < -0.39 is 0 Å². The summed E-state index contributed by atoms with van der Waals surface area (Å²) in [6.45, 7) is 0.161. The minimum Gasteiger partial charge on any atom is -0.486 e. The maximum absolute atomic E-state index is 5.75. The third-order valence-corrected chi connectivity index (χ3v) is 2.27. The number of hydrogen-bond donors (Lipinski definition) is 1. The van der Waals surface area contributed by atoms with Crippen LogP contribution in [0.1, 0.15) is 5.82 Å². The Balaban J connectivity index is 2.04. The highest BCUT2D eigenvalue weighted by Crippen LogP contribution is 2.16. The molecule has 5 nitrogen and oxygen atoms in total. The van der Waals surface area contributed by atoms with E-state index in [1.54, 1.807) is 24.3 Å². The molecule has 0 aliphatic carbocycles. The van der Waals surface area contributed by atoms with Crippen LogP contribution in [0.5, 0.6) is 5.75 Å². The Morgan fingerprint density at radius 3 is 2.41 bits per heavy atom. The molecule has 0 spiro atoms. The van der Waals surface area contributed by atoms with E-state index in [4.69, 9.17) is 33.7 Å². The van der Waals surface area contributed by atoms with Gasteiger partial charge in [-0.25, -0.2) is 0 Å². The molecular formula is C10H8Cl2N4O. The largest absolute Gasteiger partial charge is 0.486 e. The van der Waals surface area contributed by atoms with Gasteiger partial charge in [-0.3, -0.25) is 0 Å². The summed E-state index contributed by atoms with van der Waals surface area (Å²) in [5.41, 5.74) is 5.43. The molecule has 2 aromatic rings. The molecule has 17 heavy (non-hydrogen) atoms. The predicted octanol–water partition coefficient (Wildman–Crippen LogP) is 2.34. The van der Waals surface area contributed by atoms with E-state index in [2.05, 4.69) is 15.0 Å². The quantitative estimate of drug-likeness (QED) is 0.927. The van der Waals surface area contributed by atoms with E-state index in [0.717, 1.165) is 0 Å². The Kier molecular flexibility index (Phi) is 3.61. The summed E-state index contributed by atoms with van der Waals surface area (Å²) in [4.78, 5) is 11.4. The summed E-state index contributed by atoms with van der Waals surface area (Å²) in [6.07, 6.45) is 0. The minimum absolute atomic E-state index is 0.0483. The number of nitrogens with two attached hydrogens (primary N) is 1. The van der Waals surface area contributed by atoms with Crippen LogP contribution in [-0.4, -0.2) is 15.0 Å². The van der Waals surface area contributed by atoms with Gasteiger partial charge in [-0.2, -0.15) is 15.0 Å². The van der Waals surface area contributed by atoms with Crippen LogP contribution in [0.25, 0.3) is 0 Å². The first-order chi connectivity index (χ1) is 8.13. The van der Waals surface area contributed by atoms with Gasteiger partial charge < -0.3 is 10.5 Å². The van der Waals surface area contributed by atoms with Gasteiger partial charge in [-0.15, -0.1) is 0 Å². The van der Waals surface area contributed by atoms with Crippen molar-refractivity contribution in [2.75, 3.05) is 5.73 Å². The summed E-state index contributed by atoms with van der Waals surface area (Å²) in [6, 6.07) is 6.94. The topological polar surface area (TPSA) is 73.9 Å². The van der Waals surface area contributed by atoms with Crippen LogP contribution in [0.3, 0.4) is 0 Å². The molecule has 0 amide bonds. The van der Waals surface area contributed by atoms with E-state index >= 15 is 0 Å². The molecule has 0 radical (unpaired) electrons. The molecule has 0 unspecified atom stereocenters. The number of benzene rings is 1. The van der Waals surface area contributed by atoms with E-state index in [-0.39, 0.29) is 17.8 Å². The zero-order chi connectivity index (χ0) is 12.3. The van der Waals surface area contributed by atoms with Crippen molar-refractivity contribution in [3.05, 3.63) is 40.4 Å². The Hall–Kier alpha value is -1.59. The molecule has 7 heteroatoms. The van der Waals surface area contributed by atoms with Gasteiger partial charge in [0.25, 0.3) is 0 Å². The van der Waals surface area contributed by atoms with Gasteiger partial charge in [0, 0.05) is 5.02 Å². The number of nitrogens with zero attached hydrogens (tertiary/aromatic N) is 3. The maximum Gasteiger partial charge on any atom is 0.227 e. The molecule has 2 rings (SSSR count). The molecule has 0 aliphatic rings. The number of nitrogen functional groups attached to an aromatic ring is 1. The van der Waals surface area contributed by atoms with Crippen molar-refractivity contribution >= 4 is 29.2 Å². The zero-order valence-electron chi connectivity index (χ0n) is 8.60. The standard InChI is InChI=1S/C10H8Cl2N4O/c11-6-1-3-7(4-2-6)17-5-8-14-9(12)16-10(13)15-8/h1-4H,5H2,(H2,13,14,15,16). The van der Waals surface area contributed by atoms with Crippen LogP contribution in [0, 0.1) is 0 Å². The highest BCUT2D eigenvalue weighted by Gasteiger charge is 2.03. The average Bonchev–Trinajstić information content (AvgIpc) is 2.27. The lowest BCUT2D eigenvalue weighted by Gasteiger charge is -2.05. The Bertz CT molecular complexity index is 498. The van der Waals surface area contributed by atoms with Crippen LogP contribution < -0.4 is 10.5 Å². The Labute approximate surface area is 108 Å². The summed E-state index contributed by atoms with van der Waals surface area (Å²) in [7, 11) is 0. The van der Waals surface area contributed by atoms with Gasteiger partial charge in [-0.05, 0) is 35.9 Å². The van der Waals surface area contributed by atoms with Crippen molar-refractivity contribution in [2.45, 2.75) is 6.61 Å². The lowest BCUT2D eigenvalue weighted by Crippen LogP contribution is -2.06. The Morgan fingerprint density at radius 1 is 1.06 bits per heavy atom. The van der Waals surface area contributed by atoms with Crippen LogP contribution in [0.4, 0.5) is 5.95 Å². The molecule has 1 aromatic carbocycles. The van der Waals surface area contributed by atoms with Gasteiger partial charge in [0.1, 0.15) is 12.4 Å². The number of rotatable bonds is 3. The third-order valence-electron chi connectivity index (χ3n) is 1.85. The smallest absolute Gasteiger partial charge is 0.227 e. The lowest BCUT2D eigenvalue weighted by atomic mass is 10.3. The van der Waals surface area contributed by atoms with Gasteiger partial charge in [0.2, 0.25) is 11.2 Å². The molecule has 0 bridgehead atoms. The van der Waals surface area contributed by atoms with Gasteiger partial charge >= 0.3 is 0 Å². The summed E-state index contributed by atoms with van der Waals surface area (Å²) < 4.78 is 5.43. The van der Waals surface area contributed by atoms with E-state index in [9.17, 15) is 0 Å². The average molecular weight is 271 g/mol. The SMILES string of the molecule is Nc1nc(Cl)nc(COc2ccc(Cl)cc2)n1. The van der Waals surface area contributed by atoms with Gasteiger partial charge in [0.05, 0.1) is 0 Å². The first kappa shape index (κ1) is 11.9. The molecule has 88 valence electrons. The summed E-state index contributed by atoms with van der Waals surface area (Å²) >= 11 is 11.4. The molecular weight excluding hydrogens is 263 g/mol. The Morgan fingerprint density at radius 2 is 1.76 bits per heavy atom. The van der Waals surface area contributed by atoms with E-state index in [0.29, 0.717) is 16.6 Å². The van der Waals surface area contributed by atoms with Crippen molar-refractivity contribution in [1.82, 2.24) is 15.0 Å². The van der Waals surface area contributed by atoms with Crippen molar-refractivity contribution in [3.8, 4) is 5.75 Å². The predicted molar refractivity (Wildman–Crippen MR) is 65.0 cm³/mol. The number of aromatic nitrogens is 3. The van der Waals surface area contributed by atoms with Crippen molar-refractivity contribution in [1.29, 1.82) is 0 Å². The fraction of sp³-hybridized carbons (Fsp3) is 0.100. The molecule has 0 atom stereocenters. The van der Waals surface area contributed by atoms with Crippen LogP contribution >= 0.6 is 23.2 Å². The van der Waals surface area contributed by atoms with Crippen LogP contribution in [0.15, 0.2) is 24.3 Å². The number of hydrogen-bond acceptors (Lipinski definition) is 5. The van der Waals surface area contributed by atoms with E-state index in [1.807, 2.05) is 0 Å². The maximum atomic E-state index is 5.75. The fourth-order valence-corrected chi connectivity index (χ4v) is 1.46. The molecule has 0 fully saturated rings. The monoisotopic (exact) mass is 270 g/mol. The molecule has 0 saturated carbocycles. The summed E-state index contributed by atoms with van der Waals surface area (Å²) in [5, 5.41) is 0.692. The van der Waals surface area contributed by atoms with Gasteiger partial charge in [0.15, 0.2) is 5.82 Å². The zero-order valence-corrected chi connectivity index (χ0v) is 10.1. The molecule has 2 N–H and O–H groups in total. The number of halogens is 2. The lowest BCUT2D eigenvalue weighted by molar-refractivity contribution is 0.295. The van der Waals surface area contributed by atoms with Gasteiger partial charge in [-0.1, -0.05) is 11.6 Å². The van der Waals surface area contributed by atoms with E-state index in [1.165, 1.54) is 0 Å². The summed E-state index contributed by atoms with van der Waals surface area (Å²) in [5.74, 6) is 1.10. The normalized spacial score (nSPS) is 10.2. The van der Waals surface area contributed by atoms with Crippen molar-refractivity contribution in [3.63, 3.8) is 0 Å². The fourth-order valence-electron chi connectivity index (χ4n) is 1.15. The second-order valence-corrected chi connectivity index (χ2v) is 3.90. The first-order valence-corrected chi connectivity index (χ1v) is 5.43. The van der Waals surface area contributed by atoms with Crippen LogP contribution in [0.2, 0.25) is 10.3 Å². The molecule has 1 heterocycles. The number of anilines is 1. The second-order valence-electron chi connectivity index (χ2n) is 3.12. The molecule has 1 aromatic heterocycles. The highest BCUT2D eigenvalue weighted by molar-refractivity contribution is 6.30. The highest BCUT2D eigenvalue weighted by atomic mass is 35.5. The van der Waals surface area contributed by atoms with Crippen molar-refractivity contribution < 1.29 is 4.74 Å². The molecule has 0 aliphatic heterocycles. The number of ether oxygens (including phenoxy) is 1. The van der Waals surface area contributed by atoms with Crippen LogP contribution in [-0.2, 0) is 6.61 Å².